The molecule has 0 amide bonds. The number of hydrogen-bond donors (Lipinski definition) is 1. The van der Waals surface area contributed by atoms with Crippen LogP contribution in [0.5, 0.6) is 0 Å². The van der Waals surface area contributed by atoms with Crippen LogP contribution in [0.3, 0.4) is 0 Å². The average Bonchev–Trinajstić information content (AvgIpc) is 2.02. The van der Waals surface area contributed by atoms with Gasteiger partial charge in [0.15, 0.2) is 0 Å². The molecule has 0 spiro atoms. The highest BCUT2D eigenvalue weighted by molar-refractivity contribution is 7.80. The molecule has 5 heteroatoms. The minimum absolute atomic E-state index is 0.0636. The maximum absolute atomic E-state index is 12.4. The van der Waals surface area contributed by atoms with E-state index in [2.05, 4.69) is 12.6 Å². The van der Waals surface area contributed by atoms with E-state index in [1.54, 1.807) is 6.07 Å². The zero-order chi connectivity index (χ0) is 10.9. The van der Waals surface area contributed by atoms with Gasteiger partial charge >= 0.3 is 6.18 Å². The highest BCUT2D eigenvalue weighted by Crippen LogP contribution is 2.33. The Hall–Kier alpha value is -1.15. The first kappa shape index (κ1) is 10.9. The van der Waals surface area contributed by atoms with Crippen molar-refractivity contribution in [2.75, 3.05) is 0 Å². The smallest absolute Gasteiger partial charge is 0.192 e. The lowest BCUT2D eigenvalue weighted by atomic mass is 10.1. The van der Waals surface area contributed by atoms with Gasteiger partial charge in [-0.15, -0.1) is 12.6 Å². The van der Waals surface area contributed by atoms with Gasteiger partial charge in [-0.2, -0.15) is 18.4 Å². The molecule has 74 valence electrons. The summed E-state index contributed by atoms with van der Waals surface area (Å²) in [5.41, 5.74) is -0.778. The van der Waals surface area contributed by atoms with E-state index in [1.165, 1.54) is 13.0 Å². The molecule has 14 heavy (non-hydrogen) atoms. The Bertz CT molecular complexity index is 404. The van der Waals surface area contributed by atoms with Gasteiger partial charge in [0.1, 0.15) is 6.07 Å². The van der Waals surface area contributed by atoms with Crippen molar-refractivity contribution in [3.63, 3.8) is 0 Å². The second kappa shape index (κ2) is 3.54. The van der Waals surface area contributed by atoms with E-state index in [1.807, 2.05) is 0 Å². The number of hydrogen-bond acceptors (Lipinski definition) is 2. The lowest BCUT2D eigenvalue weighted by Crippen LogP contribution is -2.08. The van der Waals surface area contributed by atoms with Crippen LogP contribution in [0.1, 0.15) is 16.7 Å². The molecule has 0 radical (unpaired) electrons. The number of nitrogens with zero attached hydrogens (tertiary/aromatic N) is 1. The maximum atomic E-state index is 12.4. The quantitative estimate of drug-likeness (QED) is 0.663. The van der Waals surface area contributed by atoms with Crippen LogP contribution in [0.2, 0.25) is 0 Å². The topological polar surface area (TPSA) is 23.8 Å². The summed E-state index contributed by atoms with van der Waals surface area (Å²) in [6.45, 7) is 1.34. The van der Waals surface area contributed by atoms with Crippen LogP contribution in [0.25, 0.3) is 0 Å². The molecule has 0 unspecified atom stereocenters. The Labute approximate surface area is 84.6 Å². The maximum Gasteiger partial charge on any atom is 0.416 e. The number of halogens is 3. The van der Waals surface area contributed by atoms with E-state index < -0.39 is 11.7 Å². The number of alkyl halides is 3. The summed E-state index contributed by atoms with van der Waals surface area (Å²) >= 11 is 3.90. The molecule has 1 aromatic rings. The molecule has 0 aliphatic heterocycles. The third kappa shape index (κ3) is 2.02. The van der Waals surface area contributed by atoms with Crippen molar-refractivity contribution in [1.29, 1.82) is 5.26 Å². The van der Waals surface area contributed by atoms with Crippen molar-refractivity contribution in [2.45, 2.75) is 18.0 Å². The summed E-state index contributed by atoms with van der Waals surface area (Å²) < 4.78 is 37.1. The Kier molecular flexibility index (Phi) is 2.76. The van der Waals surface area contributed by atoms with E-state index >= 15 is 0 Å². The Morgan fingerprint density at radius 3 is 2.36 bits per heavy atom. The average molecular weight is 217 g/mol. The molecule has 1 aromatic carbocycles. The van der Waals surface area contributed by atoms with Gasteiger partial charge in [-0.3, -0.25) is 0 Å². The van der Waals surface area contributed by atoms with E-state index in [0.717, 1.165) is 6.07 Å². The molecule has 0 aromatic heterocycles. The summed E-state index contributed by atoms with van der Waals surface area (Å²) in [5, 5.41) is 8.53. The summed E-state index contributed by atoms with van der Waals surface area (Å²) in [7, 11) is 0. The predicted molar refractivity (Wildman–Crippen MR) is 48.1 cm³/mol. The second-order valence-corrected chi connectivity index (χ2v) is 3.28. The summed E-state index contributed by atoms with van der Waals surface area (Å²) in [6.07, 6.45) is -4.42. The SMILES string of the molecule is Cc1cc(S)c(C#N)cc1C(F)(F)F. The van der Waals surface area contributed by atoms with E-state index in [9.17, 15) is 13.2 Å². The van der Waals surface area contributed by atoms with Crippen LogP contribution in [0.4, 0.5) is 13.2 Å². The van der Waals surface area contributed by atoms with Crippen LogP contribution < -0.4 is 0 Å². The summed E-state index contributed by atoms with van der Waals surface area (Å²) in [5.74, 6) is 0. The number of rotatable bonds is 0. The third-order valence-corrected chi connectivity index (χ3v) is 2.14. The van der Waals surface area contributed by atoms with Crippen molar-refractivity contribution >= 4 is 12.6 Å². The molecule has 0 bridgehead atoms. The molecule has 0 aliphatic rings. The van der Waals surface area contributed by atoms with Crippen molar-refractivity contribution in [2.24, 2.45) is 0 Å². The van der Waals surface area contributed by atoms with Gasteiger partial charge in [0.2, 0.25) is 0 Å². The Morgan fingerprint density at radius 2 is 1.93 bits per heavy atom. The third-order valence-electron chi connectivity index (χ3n) is 1.77. The fourth-order valence-corrected chi connectivity index (χ4v) is 1.40. The first-order valence-corrected chi connectivity index (χ1v) is 4.12. The van der Waals surface area contributed by atoms with Crippen molar-refractivity contribution in [3.05, 3.63) is 28.8 Å². The minimum atomic E-state index is -4.42. The molecule has 0 saturated carbocycles. The van der Waals surface area contributed by atoms with Gasteiger partial charge in [-0.25, -0.2) is 0 Å². The van der Waals surface area contributed by atoms with Gasteiger partial charge in [0.25, 0.3) is 0 Å². The largest absolute Gasteiger partial charge is 0.416 e. The van der Waals surface area contributed by atoms with Gasteiger partial charge < -0.3 is 0 Å². The number of nitriles is 1. The highest BCUT2D eigenvalue weighted by atomic mass is 32.1. The molecular weight excluding hydrogens is 211 g/mol. The van der Waals surface area contributed by atoms with Gasteiger partial charge in [0.05, 0.1) is 11.1 Å². The first-order valence-electron chi connectivity index (χ1n) is 3.67. The Morgan fingerprint density at radius 1 is 1.36 bits per heavy atom. The molecule has 0 aliphatic carbocycles. The van der Waals surface area contributed by atoms with Crippen LogP contribution >= 0.6 is 12.6 Å². The predicted octanol–water partition coefficient (Wildman–Crippen LogP) is 3.17. The minimum Gasteiger partial charge on any atom is -0.192 e. The zero-order valence-electron chi connectivity index (χ0n) is 7.18. The van der Waals surface area contributed by atoms with Crippen molar-refractivity contribution < 1.29 is 13.2 Å². The highest BCUT2D eigenvalue weighted by Gasteiger charge is 2.32. The molecule has 0 N–H and O–H groups in total. The first-order chi connectivity index (χ1) is 6.36. The number of thiol groups is 1. The summed E-state index contributed by atoms with van der Waals surface area (Å²) in [4.78, 5) is 0.262. The standard InChI is InChI=1S/C9H6F3NS/c1-5-2-8(14)6(4-13)3-7(5)9(10,11)12/h2-3,14H,1H3. The number of benzene rings is 1. The van der Waals surface area contributed by atoms with E-state index in [4.69, 9.17) is 5.26 Å². The molecule has 0 heterocycles. The van der Waals surface area contributed by atoms with Crippen LogP contribution in [0, 0.1) is 18.3 Å². The van der Waals surface area contributed by atoms with Gasteiger partial charge in [0, 0.05) is 4.90 Å². The van der Waals surface area contributed by atoms with E-state index in [0.29, 0.717) is 0 Å². The zero-order valence-corrected chi connectivity index (χ0v) is 8.08. The van der Waals surface area contributed by atoms with Gasteiger partial charge in [-0.05, 0) is 24.6 Å². The van der Waals surface area contributed by atoms with Crippen LogP contribution in [0.15, 0.2) is 17.0 Å². The van der Waals surface area contributed by atoms with Crippen molar-refractivity contribution in [3.8, 4) is 6.07 Å². The van der Waals surface area contributed by atoms with Crippen molar-refractivity contribution in [1.82, 2.24) is 0 Å². The fraction of sp³-hybridized carbons (Fsp3) is 0.222. The lowest BCUT2D eigenvalue weighted by molar-refractivity contribution is -0.138. The molecular formula is C9H6F3NS. The molecule has 0 saturated heterocycles. The Balaban J connectivity index is 3.41. The van der Waals surface area contributed by atoms with E-state index in [-0.39, 0.29) is 16.0 Å². The lowest BCUT2D eigenvalue weighted by Gasteiger charge is -2.11. The normalized spacial score (nSPS) is 11.1. The summed E-state index contributed by atoms with van der Waals surface area (Å²) in [6, 6.07) is 3.72. The fourth-order valence-electron chi connectivity index (χ4n) is 1.09. The van der Waals surface area contributed by atoms with Crippen LogP contribution in [-0.4, -0.2) is 0 Å². The molecule has 0 atom stereocenters. The monoisotopic (exact) mass is 217 g/mol. The van der Waals surface area contributed by atoms with Crippen LogP contribution in [-0.2, 0) is 6.18 Å². The second-order valence-electron chi connectivity index (χ2n) is 2.79. The molecule has 1 nitrogen and oxygen atoms in total. The molecule has 0 fully saturated rings. The number of aryl methyl sites for hydroxylation is 1. The molecule has 1 rings (SSSR count). The van der Waals surface area contributed by atoms with Gasteiger partial charge in [-0.1, -0.05) is 0 Å².